The summed E-state index contributed by atoms with van der Waals surface area (Å²) >= 11 is 0. The molecule has 2 N–H and O–H groups in total. The van der Waals surface area contributed by atoms with Gasteiger partial charge >= 0.3 is 6.03 Å². The van der Waals surface area contributed by atoms with Crippen molar-refractivity contribution in [1.29, 1.82) is 0 Å². The zero-order chi connectivity index (χ0) is 20.6. The van der Waals surface area contributed by atoms with Gasteiger partial charge in [0.25, 0.3) is 0 Å². The van der Waals surface area contributed by atoms with Gasteiger partial charge in [-0.05, 0) is 23.6 Å². The van der Waals surface area contributed by atoms with Crippen molar-refractivity contribution in [3.05, 3.63) is 108 Å². The number of carbonyl (C=O) groups excluding carboxylic acids is 1. The second-order valence-corrected chi connectivity index (χ2v) is 6.81. The van der Waals surface area contributed by atoms with Crippen LogP contribution < -0.4 is 10.6 Å². The van der Waals surface area contributed by atoms with Crippen LogP contribution in [0.25, 0.3) is 5.82 Å². The molecule has 0 bridgehead atoms. The lowest BCUT2D eigenvalue weighted by Crippen LogP contribution is -2.38. The van der Waals surface area contributed by atoms with Crippen molar-refractivity contribution in [2.75, 3.05) is 0 Å². The molecule has 0 aliphatic carbocycles. The minimum Gasteiger partial charge on any atom is -0.334 e. The summed E-state index contributed by atoms with van der Waals surface area (Å²) in [6.07, 6.45) is 5.42. The Morgan fingerprint density at radius 2 is 1.73 bits per heavy atom. The highest BCUT2D eigenvalue weighted by Crippen LogP contribution is 2.18. The van der Waals surface area contributed by atoms with Gasteiger partial charge in [-0.3, -0.25) is 0 Å². The van der Waals surface area contributed by atoms with Crippen LogP contribution in [0.5, 0.6) is 0 Å². The van der Waals surface area contributed by atoms with E-state index >= 15 is 0 Å². The van der Waals surface area contributed by atoms with Crippen molar-refractivity contribution in [1.82, 2.24) is 30.4 Å². The average Bonchev–Trinajstić information content (AvgIpc) is 3.34. The molecule has 150 valence electrons. The molecule has 0 saturated heterocycles. The summed E-state index contributed by atoms with van der Waals surface area (Å²) in [6, 6.07) is 23.5. The molecule has 0 aliphatic rings. The van der Waals surface area contributed by atoms with Gasteiger partial charge in [0.2, 0.25) is 0 Å². The van der Waals surface area contributed by atoms with E-state index in [2.05, 4.69) is 37.8 Å². The van der Waals surface area contributed by atoms with Crippen LogP contribution in [-0.2, 0) is 13.0 Å². The average molecular weight is 398 g/mol. The molecular weight excluding hydrogens is 376 g/mol. The third kappa shape index (κ3) is 4.88. The van der Waals surface area contributed by atoms with Crippen molar-refractivity contribution in [3.63, 3.8) is 0 Å². The highest BCUT2D eigenvalue weighted by Gasteiger charge is 2.16. The largest absolute Gasteiger partial charge is 0.334 e. The number of hydrogen-bond acceptors (Lipinski definition) is 4. The van der Waals surface area contributed by atoms with E-state index in [0.717, 1.165) is 16.7 Å². The number of rotatable bonds is 7. The molecular formula is C23H22N6O. The first kappa shape index (κ1) is 19.3. The number of nitrogens with zero attached hydrogens (tertiary/aromatic N) is 4. The fourth-order valence-corrected chi connectivity index (χ4v) is 3.26. The van der Waals surface area contributed by atoms with Gasteiger partial charge in [0.05, 0.1) is 6.04 Å². The molecule has 0 fully saturated rings. The third-order valence-electron chi connectivity index (χ3n) is 4.73. The number of benzene rings is 2. The highest BCUT2D eigenvalue weighted by molar-refractivity contribution is 5.74. The first-order chi connectivity index (χ1) is 14.8. The zero-order valence-corrected chi connectivity index (χ0v) is 16.3. The van der Waals surface area contributed by atoms with Gasteiger partial charge in [-0.15, -0.1) is 0 Å². The Kier molecular flexibility index (Phi) is 6.10. The Balaban J connectivity index is 1.45. The van der Waals surface area contributed by atoms with Crippen LogP contribution in [0.3, 0.4) is 0 Å². The van der Waals surface area contributed by atoms with E-state index in [1.807, 2.05) is 60.7 Å². The summed E-state index contributed by atoms with van der Waals surface area (Å²) in [5.74, 6) is 0.638. The van der Waals surface area contributed by atoms with Gasteiger partial charge in [-0.1, -0.05) is 66.7 Å². The van der Waals surface area contributed by atoms with E-state index in [-0.39, 0.29) is 12.1 Å². The lowest BCUT2D eigenvalue weighted by atomic mass is 9.99. The number of amides is 2. The molecule has 0 aliphatic heterocycles. The standard InChI is InChI=1S/C23H22N6O/c30-23(26-15-20-12-7-13-25-22(20)29-17-24-16-27-29)28-21(19-10-5-2-6-11-19)14-18-8-3-1-4-9-18/h1-13,16-17,21H,14-15H2,(H2,26,28,30). The molecule has 0 radical (unpaired) electrons. The quantitative estimate of drug-likeness (QED) is 0.499. The maximum Gasteiger partial charge on any atom is 0.315 e. The number of aromatic nitrogens is 4. The van der Waals surface area contributed by atoms with Crippen LogP contribution in [0.4, 0.5) is 4.79 Å². The molecule has 2 aromatic heterocycles. The van der Waals surface area contributed by atoms with Crippen molar-refractivity contribution >= 4 is 6.03 Å². The van der Waals surface area contributed by atoms with Gasteiger partial charge in [0.1, 0.15) is 12.7 Å². The molecule has 7 heteroatoms. The number of pyridine rings is 1. The molecule has 2 aromatic carbocycles. The van der Waals surface area contributed by atoms with Gasteiger partial charge in [-0.25, -0.2) is 19.4 Å². The van der Waals surface area contributed by atoms with E-state index in [4.69, 9.17) is 0 Å². The summed E-state index contributed by atoms with van der Waals surface area (Å²) in [7, 11) is 0. The molecule has 0 spiro atoms. The summed E-state index contributed by atoms with van der Waals surface area (Å²) in [5.41, 5.74) is 3.06. The zero-order valence-electron chi connectivity index (χ0n) is 16.3. The maximum absolute atomic E-state index is 12.7. The Labute approximate surface area is 174 Å². The van der Waals surface area contributed by atoms with Gasteiger partial charge < -0.3 is 10.6 Å². The van der Waals surface area contributed by atoms with Crippen LogP contribution in [0.2, 0.25) is 0 Å². The first-order valence-electron chi connectivity index (χ1n) is 9.72. The summed E-state index contributed by atoms with van der Waals surface area (Å²) < 4.78 is 1.58. The topological polar surface area (TPSA) is 84.7 Å². The molecule has 2 amide bonds. The molecule has 2 heterocycles. The second-order valence-electron chi connectivity index (χ2n) is 6.81. The Hall–Kier alpha value is -4.00. The van der Waals surface area contributed by atoms with Crippen molar-refractivity contribution in [2.24, 2.45) is 0 Å². The number of carbonyl (C=O) groups is 1. The summed E-state index contributed by atoms with van der Waals surface area (Å²) in [5, 5.41) is 10.2. The molecule has 4 rings (SSSR count). The second kappa shape index (κ2) is 9.47. The molecule has 4 aromatic rings. The molecule has 7 nitrogen and oxygen atoms in total. The smallest absolute Gasteiger partial charge is 0.315 e. The van der Waals surface area contributed by atoms with Crippen LogP contribution in [0, 0.1) is 0 Å². The fraction of sp³-hybridized carbons (Fsp3) is 0.130. The van der Waals surface area contributed by atoms with Gasteiger partial charge in [0.15, 0.2) is 5.82 Å². The van der Waals surface area contributed by atoms with E-state index in [1.165, 1.54) is 6.33 Å². The number of hydrogen-bond donors (Lipinski definition) is 2. The molecule has 0 saturated carbocycles. The molecule has 30 heavy (non-hydrogen) atoms. The van der Waals surface area contributed by atoms with Crippen molar-refractivity contribution in [3.8, 4) is 5.82 Å². The van der Waals surface area contributed by atoms with E-state index in [0.29, 0.717) is 18.8 Å². The normalized spacial score (nSPS) is 11.6. The highest BCUT2D eigenvalue weighted by atomic mass is 16.2. The van der Waals surface area contributed by atoms with Gasteiger partial charge in [0, 0.05) is 18.3 Å². The predicted octanol–water partition coefficient (Wildman–Crippen LogP) is 3.45. The SMILES string of the molecule is O=C(NCc1cccnc1-n1cncn1)NC(Cc1ccccc1)c1ccccc1. The van der Waals surface area contributed by atoms with Crippen LogP contribution in [0.1, 0.15) is 22.7 Å². The Morgan fingerprint density at radius 1 is 0.967 bits per heavy atom. The minimum absolute atomic E-state index is 0.141. The molecule has 1 atom stereocenters. The van der Waals surface area contributed by atoms with Crippen LogP contribution in [0.15, 0.2) is 91.6 Å². The van der Waals surface area contributed by atoms with E-state index in [9.17, 15) is 4.79 Å². The minimum atomic E-state index is -0.242. The van der Waals surface area contributed by atoms with Crippen LogP contribution in [-0.4, -0.2) is 25.8 Å². The van der Waals surface area contributed by atoms with Crippen molar-refractivity contribution in [2.45, 2.75) is 19.0 Å². The summed E-state index contributed by atoms with van der Waals surface area (Å²) in [6.45, 7) is 0.321. The lowest BCUT2D eigenvalue weighted by molar-refractivity contribution is 0.236. The predicted molar refractivity (Wildman–Crippen MR) is 114 cm³/mol. The Bertz CT molecular complexity index is 1070. The number of nitrogens with one attached hydrogen (secondary N) is 2. The van der Waals surface area contributed by atoms with E-state index in [1.54, 1.807) is 17.2 Å². The van der Waals surface area contributed by atoms with Gasteiger partial charge in [-0.2, -0.15) is 5.10 Å². The van der Waals surface area contributed by atoms with Crippen LogP contribution >= 0.6 is 0 Å². The lowest BCUT2D eigenvalue weighted by Gasteiger charge is -2.20. The maximum atomic E-state index is 12.7. The summed E-state index contributed by atoms with van der Waals surface area (Å²) in [4.78, 5) is 21.0. The first-order valence-corrected chi connectivity index (χ1v) is 9.72. The van der Waals surface area contributed by atoms with E-state index < -0.39 is 0 Å². The number of urea groups is 1. The van der Waals surface area contributed by atoms with Crippen molar-refractivity contribution < 1.29 is 4.79 Å². The fourth-order valence-electron chi connectivity index (χ4n) is 3.26. The molecule has 1 unspecified atom stereocenters. The Morgan fingerprint density at radius 3 is 2.47 bits per heavy atom. The third-order valence-corrected chi connectivity index (χ3v) is 4.73. The monoisotopic (exact) mass is 398 g/mol.